The topological polar surface area (TPSA) is 23.6 Å². The Bertz CT molecular complexity index is 576. The van der Waals surface area contributed by atoms with Crippen molar-refractivity contribution in [3.8, 4) is 0 Å². The normalized spacial score (nSPS) is 23.0. The number of benzene rings is 1. The maximum absolute atomic E-state index is 13.4. The second kappa shape index (κ2) is 6.50. The molecule has 0 bridgehead atoms. The summed E-state index contributed by atoms with van der Waals surface area (Å²) in [4.78, 5) is 16.7. The van der Waals surface area contributed by atoms with Gasteiger partial charge in [-0.25, -0.2) is 8.78 Å². The Morgan fingerprint density at radius 2 is 1.77 bits per heavy atom. The number of piperidine rings is 1. The molecule has 1 aromatic carbocycles. The zero-order valence-corrected chi connectivity index (χ0v) is 13.1. The quantitative estimate of drug-likeness (QED) is 0.778. The van der Waals surface area contributed by atoms with Gasteiger partial charge in [0.1, 0.15) is 0 Å². The summed E-state index contributed by atoms with van der Waals surface area (Å²) in [5, 5.41) is -0.0350. The maximum atomic E-state index is 13.4. The van der Waals surface area contributed by atoms with Crippen LogP contribution >= 0.6 is 11.6 Å². The molecule has 2 aliphatic heterocycles. The molecule has 1 aromatic rings. The van der Waals surface area contributed by atoms with E-state index >= 15 is 0 Å². The highest BCUT2D eigenvalue weighted by atomic mass is 35.5. The number of hydrogen-bond acceptors (Lipinski definition) is 2. The number of amides is 1. The molecule has 0 aromatic heterocycles. The molecule has 0 spiro atoms. The third-order valence-electron chi connectivity index (χ3n) is 4.58. The Labute approximate surface area is 133 Å². The van der Waals surface area contributed by atoms with Crippen LogP contribution in [-0.4, -0.2) is 47.9 Å². The smallest absolute Gasteiger partial charge is 0.255 e. The number of carbonyl (C=O) groups excluding carboxylic acids is 1. The molecule has 2 heterocycles. The molecule has 0 aliphatic carbocycles. The van der Waals surface area contributed by atoms with Gasteiger partial charge in [0.05, 0.1) is 10.6 Å². The van der Waals surface area contributed by atoms with E-state index in [9.17, 15) is 13.6 Å². The van der Waals surface area contributed by atoms with Gasteiger partial charge in [0.25, 0.3) is 5.91 Å². The largest absolute Gasteiger partial charge is 0.337 e. The van der Waals surface area contributed by atoms with E-state index in [2.05, 4.69) is 4.90 Å². The Morgan fingerprint density at radius 1 is 1.09 bits per heavy atom. The van der Waals surface area contributed by atoms with Crippen LogP contribution in [0.2, 0.25) is 5.02 Å². The molecular weight excluding hydrogens is 310 g/mol. The lowest BCUT2D eigenvalue weighted by molar-refractivity contribution is 0.0607. The number of halogens is 3. The first-order valence-corrected chi connectivity index (χ1v) is 8.12. The van der Waals surface area contributed by atoms with Gasteiger partial charge in [-0.05, 0) is 50.9 Å². The number of rotatable bonds is 2. The number of nitrogens with zero attached hydrogens (tertiary/aromatic N) is 2. The van der Waals surface area contributed by atoms with Crippen molar-refractivity contribution in [1.29, 1.82) is 0 Å². The lowest BCUT2D eigenvalue weighted by atomic mass is 10.0. The van der Waals surface area contributed by atoms with E-state index in [0.29, 0.717) is 19.1 Å². The minimum Gasteiger partial charge on any atom is -0.337 e. The van der Waals surface area contributed by atoms with Gasteiger partial charge in [-0.1, -0.05) is 11.6 Å². The Balaban J connectivity index is 1.75. The van der Waals surface area contributed by atoms with Crippen LogP contribution in [0.1, 0.15) is 36.0 Å². The fourth-order valence-electron chi connectivity index (χ4n) is 3.40. The van der Waals surface area contributed by atoms with Crippen LogP contribution in [0.25, 0.3) is 0 Å². The highest BCUT2D eigenvalue weighted by Crippen LogP contribution is 2.25. The van der Waals surface area contributed by atoms with Gasteiger partial charge >= 0.3 is 0 Å². The van der Waals surface area contributed by atoms with Crippen LogP contribution in [0.15, 0.2) is 12.1 Å². The average molecular weight is 329 g/mol. The fourth-order valence-corrected chi connectivity index (χ4v) is 3.63. The number of carbonyl (C=O) groups is 1. The van der Waals surface area contributed by atoms with Crippen molar-refractivity contribution in [2.45, 2.75) is 31.7 Å². The molecule has 1 unspecified atom stereocenters. The summed E-state index contributed by atoms with van der Waals surface area (Å²) in [7, 11) is 0. The fraction of sp³-hybridized carbons (Fsp3) is 0.562. The summed E-state index contributed by atoms with van der Waals surface area (Å²) in [6.45, 7) is 3.43. The van der Waals surface area contributed by atoms with E-state index < -0.39 is 11.6 Å². The molecule has 2 fully saturated rings. The summed E-state index contributed by atoms with van der Waals surface area (Å²) in [5.74, 6) is -2.39. The van der Waals surface area contributed by atoms with Crippen molar-refractivity contribution in [3.63, 3.8) is 0 Å². The van der Waals surface area contributed by atoms with Gasteiger partial charge in [0.15, 0.2) is 11.6 Å². The predicted octanol–water partition coefficient (Wildman–Crippen LogP) is 3.32. The minimum absolute atomic E-state index is 0.0350. The highest BCUT2D eigenvalue weighted by molar-refractivity contribution is 6.33. The van der Waals surface area contributed by atoms with E-state index in [0.717, 1.165) is 38.1 Å². The second-order valence-electron chi connectivity index (χ2n) is 6.04. The van der Waals surface area contributed by atoms with E-state index in [4.69, 9.17) is 11.6 Å². The van der Waals surface area contributed by atoms with E-state index in [1.54, 1.807) is 4.90 Å². The monoisotopic (exact) mass is 328 g/mol. The molecule has 2 aliphatic rings. The summed E-state index contributed by atoms with van der Waals surface area (Å²) >= 11 is 5.91. The average Bonchev–Trinajstić information content (AvgIpc) is 3.05. The summed E-state index contributed by atoms with van der Waals surface area (Å²) in [6.07, 6.45) is 4.42. The van der Waals surface area contributed by atoms with Crippen LogP contribution < -0.4 is 0 Å². The number of likely N-dealkylation sites (tertiary alicyclic amines) is 2. The minimum atomic E-state index is -1.04. The molecule has 0 radical (unpaired) electrons. The highest BCUT2D eigenvalue weighted by Gasteiger charge is 2.30. The third kappa shape index (κ3) is 3.10. The van der Waals surface area contributed by atoms with Gasteiger partial charge in [-0.3, -0.25) is 9.69 Å². The molecule has 3 rings (SSSR count). The van der Waals surface area contributed by atoms with Crippen molar-refractivity contribution in [3.05, 3.63) is 34.4 Å². The molecule has 2 saturated heterocycles. The van der Waals surface area contributed by atoms with Crippen molar-refractivity contribution in [2.24, 2.45) is 0 Å². The molecule has 22 heavy (non-hydrogen) atoms. The lowest BCUT2D eigenvalue weighted by Crippen LogP contribution is -2.49. The van der Waals surface area contributed by atoms with Crippen molar-refractivity contribution in [2.75, 3.05) is 26.2 Å². The van der Waals surface area contributed by atoms with Crippen LogP contribution in [-0.2, 0) is 0 Å². The van der Waals surface area contributed by atoms with Crippen LogP contribution in [0.3, 0.4) is 0 Å². The first-order valence-electron chi connectivity index (χ1n) is 7.74. The lowest BCUT2D eigenvalue weighted by Gasteiger charge is -2.37. The van der Waals surface area contributed by atoms with E-state index in [-0.39, 0.29) is 16.5 Å². The molecule has 120 valence electrons. The van der Waals surface area contributed by atoms with Crippen LogP contribution in [0, 0.1) is 11.6 Å². The molecular formula is C16H19ClF2N2O. The molecule has 1 amide bonds. The maximum Gasteiger partial charge on any atom is 0.255 e. The zero-order valence-electron chi connectivity index (χ0n) is 12.3. The summed E-state index contributed by atoms with van der Waals surface area (Å²) in [6, 6.07) is 2.13. The van der Waals surface area contributed by atoms with Gasteiger partial charge in [0, 0.05) is 19.1 Å². The molecule has 3 nitrogen and oxygen atoms in total. The molecule has 6 heteroatoms. The van der Waals surface area contributed by atoms with E-state index in [1.807, 2.05) is 0 Å². The number of hydrogen-bond donors (Lipinski definition) is 0. The third-order valence-corrected chi connectivity index (χ3v) is 4.89. The summed E-state index contributed by atoms with van der Waals surface area (Å²) < 4.78 is 26.5. The van der Waals surface area contributed by atoms with Gasteiger partial charge in [0.2, 0.25) is 0 Å². The first-order chi connectivity index (χ1) is 10.6. The van der Waals surface area contributed by atoms with Crippen LogP contribution in [0.4, 0.5) is 8.78 Å². The van der Waals surface area contributed by atoms with E-state index in [1.165, 1.54) is 12.8 Å². The SMILES string of the molecule is O=C(c1cc(F)c(F)cc1Cl)N1CCCC(N2CCCC2)C1. The van der Waals surface area contributed by atoms with Gasteiger partial charge in [-0.15, -0.1) is 0 Å². The standard InChI is InChI=1S/C16H19ClF2N2O/c17-13-9-15(19)14(18)8-12(13)16(22)21-7-3-4-11(10-21)20-5-1-2-6-20/h8-9,11H,1-7,10H2. The molecule has 1 atom stereocenters. The Kier molecular flexibility index (Phi) is 4.64. The predicted molar refractivity (Wildman–Crippen MR) is 81.1 cm³/mol. The Morgan fingerprint density at radius 3 is 2.50 bits per heavy atom. The van der Waals surface area contributed by atoms with Crippen molar-refractivity contribution < 1.29 is 13.6 Å². The molecule has 0 saturated carbocycles. The first kappa shape index (κ1) is 15.7. The molecule has 0 N–H and O–H groups in total. The Hall–Kier alpha value is -1.20. The van der Waals surface area contributed by atoms with Crippen molar-refractivity contribution >= 4 is 17.5 Å². The summed E-state index contributed by atoms with van der Waals surface area (Å²) in [5.41, 5.74) is 0.0441. The van der Waals surface area contributed by atoms with Gasteiger partial charge < -0.3 is 4.90 Å². The second-order valence-corrected chi connectivity index (χ2v) is 6.44. The van der Waals surface area contributed by atoms with Gasteiger partial charge in [-0.2, -0.15) is 0 Å². The zero-order chi connectivity index (χ0) is 15.7. The van der Waals surface area contributed by atoms with Crippen LogP contribution in [0.5, 0.6) is 0 Å². The van der Waals surface area contributed by atoms with Crippen molar-refractivity contribution in [1.82, 2.24) is 9.80 Å².